The van der Waals surface area contributed by atoms with Crippen molar-refractivity contribution in [2.45, 2.75) is 63.8 Å². The standard InChI is InChI=1S/C35H38N2O6Si/c1-24(38)39-21-26-19-20-36-34(37-26)25-15-17-27(18-16-25)42-30-22-40-33-31(23-41-32(30)33)43-44(35(2,3)4,28-11-7-5-8-12-28)29-13-9-6-10-14-29/h5-20,30-33H,21-23H2,1-4H3/t30-,31-,32-,33+/m0/s1. The van der Waals surface area contributed by atoms with Gasteiger partial charge in [-0.25, -0.2) is 9.97 Å². The van der Waals surface area contributed by atoms with Crippen LogP contribution in [0.2, 0.25) is 5.04 Å². The summed E-state index contributed by atoms with van der Waals surface area (Å²) in [7, 11) is -2.76. The first-order chi connectivity index (χ1) is 21.2. The van der Waals surface area contributed by atoms with Crippen LogP contribution in [0.5, 0.6) is 5.75 Å². The number of benzene rings is 3. The zero-order valence-corrected chi connectivity index (χ0v) is 26.5. The van der Waals surface area contributed by atoms with Crippen LogP contribution in [0, 0.1) is 0 Å². The first kappa shape index (κ1) is 30.1. The number of ether oxygens (including phenoxy) is 4. The summed E-state index contributed by atoms with van der Waals surface area (Å²) < 4.78 is 31.5. The van der Waals surface area contributed by atoms with Crippen molar-refractivity contribution in [3.8, 4) is 17.1 Å². The third kappa shape index (κ3) is 6.05. The van der Waals surface area contributed by atoms with Crippen molar-refractivity contribution in [2.24, 2.45) is 0 Å². The SMILES string of the molecule is CC(=O)OCc1ccnc(-c2ccc(O[C@H]3CO[C@H]4[C@H]3OC[C@@H]4O[Si](c3ccccc3)(c3ccccc3)C(C)(C)C)cc2)n1. The van der Waals surface area contributed by atoms with Crippen LogP contribution in [0.25, 0.3) is 11.4 Å². The molecule has 0 bridgehead atoms. The molecule has 0 N–H and O–H groups in total. The lowest BCUT2D eigenvalue weighted by Crippen LogP contribution is -2.68. The number of carbonyl (C=O) groups excluding carboxylic acids is 1. The summed E-state index contributed by atoms with van der Waals surface area (Å²) >= 11 is 0. The van der Waals surface area contributed by atoms with E-state index in [0.29, 0.717) is 30.5 Å². The number of rotatable bonds is 9. The van der Waals surface area contributed by atoms with E-state index in [1.54, 1.807) is 12.3 Å². The molecule has 8 nitrogen and oxygen atoms in total. The van der Waals surface area contributed by atoms with Gasteiger partial charge in [-0.3, -0.25) is 4.79 Å². The molecule has 6 rings (SSSR count). The van der Waals surface area contributed by atoms with Gasteiger partial charge in [0, 0.05) is 18.7 Å². The predicted octanol–water partition coefficient (Wildman–Crippen LogP) is 4.70. The van der Waals surface area contributed by atoms with Crippen LogP contribution in [-0.2, 0) is 30.0 Å². The predicted molar refractivity (Wildman–Crippen MR) is 169 cm³/mol. The molecule has 0 saturated carbocycles. The van der Waals surface area contributed by atoms with Crippen LogP contribution < -0.4 is 15.1 Å². The quantitative estimate of drug-likeness (QED) is 0.199. The summed E-state index contributed by atoms with van der Waals surface area (Å²) in [5.74, 6) is 0.906. The van der Waals surface area contributed by atoms with Crippen molar-refractivity contribution in [1.82, 2.24) is 9.97 Å². The second-order valence-electron chi connectivity index (χ2n) is 12.2. The Hall–Kier alpha value is -3.89. The summed E-state index contributed by atoms with van der Waals surface area (Å²) in [5.41, 5.74) is 1.46. The smallest absolute Gasteiger partial charge is 0.303 e. The monoisotopic (exact) mass is 610 g/mol. The molecule has 0 aliphatic carbocycles. The van der Waals surface area contributed by atoms with Crippen LogP contribution in [-0.4, -0.2) is 61.9 Å². The Balaban J connectivity index is 1.17. The lowest BCUT2D eigenvalue weighted by molar-refractivity contribution is -0.142. The molecular formula is C35H38N2O6Si. The van der Waals surface area contributed by atoms with Gasteiger partial charge in [0.15, 0.2) is 11.9 Å². The summed E-state index contributed by atoms with van der Waals surface area (Å²) in [4.78, 5) is 20.0. The van der Waals surface area contributed by atoms with Gasteiger partial charge in [-0.15, -0.1) is 0 Å². The van der Waals surface area contributed by atoms with Gasteiger partial charge in [0.25, 0.3) is 8.32 Å². The molecule has 3 aromatic carbocycles. The van der Waals surface area contributed by atoms with Crippen molar-refractivity contribution < 1.29 is 28.2 Å². The molecule has 0 spiro atoms. The highest BCUT2D eigenvalue weighted by atomic mass is 28.4. The zero-order valence-electron chi connectivity index (χ0n) is 25.5. The fourth-order valence-corrected chi connectivity index (χ4v) is 10.9. The maximum atomic E-state index is 11.2. The van der Waals surface area contributed by atoms with E-state index in [0.717, 1.165) is 5.56 Å². The second kappa shape index (κ2) is 12.6. The average Bonchev–Trinajstić information content (AvgIpc) is 3.62. The minimum Gasteiger partial charge on any atom is -0.485 e. The lowest BCUT2D eigenvalue weighted by atomic mass is 10.1. The molecule has 228 valence electrons. The minimum atomic E-state index is -2.76. The summed E-state index contributed by atoms with van der Waals surface area (Å²) in [6, 6.07) is 30.6. The van der Waals surface area contributed by atoms with Gasteiger partial charge in [0.2, 0.25) is 0 Å². The van der Waals surface area contributed by atoms with Crippen molar-refractivity contribution in [2.75, 3.05) is 13.2 Å². The van der Waals surface area contributed by atoms with Crippen LogP contribution in [0.3, 0.4) is 0 Å². The van der Waals surface area contributed by atoms with E-state index in [1.807, 2.05) is 24.3 Å². The van der Waals surface area contributed by atoms with Gasteiger partial charge in [0.05, 0.1) is 25.0 Å². The van der Waals surface area contributed by atoms with Crippen molar-refractivity contribution in [1.29, 1.82) is 0 Å². The summed E-state index contributed by atoms with van der Waals surface area (Å²) in [5, 5.41) is 2.32. The molecule has 0 amide bonds. The highest BCUT2D eigenvalue weighted by molar-refractivity contribution is 6.99. The molecule has 2 saturated heterocycles. The molecule has 0 unspecified atom stereocenters. The molecule has 44 heavy (non-hydrogen) atoms. The largest absolute Gasteiger partial charge is 0.485 e. The van der Waals surface area contributed by atoms with E-state index in [9.17, 15) is 4.79 Å². The van der Waals surface area contributed by atoms with E-state index in [-0.39, 0.29) is 42.0 Å². The lowest BCUT2D eigenvalue weighted by Gasteiger charge is -2.45. The number of aromatic nitrogens is 2. The first-order valence-corrected chi connectivity index (χ1v) is 16.9. The molecule has 3 heterocycles. The number of carbonyl (C=O) groups is 1. The third-order valence-electron chi connectivity index (χ3n) is 8.24. The van der Waals surface area contributed by atoms with E-state index in [2.05, 4.69) is 91.4 Å². The molecule has 4 aromatic rings. The molecule has 4 atom stereocenters. The number of esters is 1. The van der Waals surface area contributed by atoms with Crippen molar-refractivity contribution in [3.05, 3.63) is 103 Å². The summed E-state index contributed by atoms with van der Waals surface area (Å²) in [6.45, 7) is 9.17. The van der Waals surface area contributed by atoms with E-state index in [4.69, 9.17) is 23.4 Å². The van der Waals surface area contributed by atoms with E-state index < -0.39 is 8.32 Å². The molecule has 0 radical (unpaired) electrons. The van der Waals surface area contributed by atoms with Crippen molar-refractivity contribution in [3.63, 3.8) is 0 Å². The van der Waals surface area contributed by atoms with Crippen LogP contribution in [0.15, 0.2) is 97.2 Å². The topological polar surface area (TPSA) is 89.0 Å². The Morgan fingerprint density at radius 1 is 0.841 bits per heavy atom. The normalized spacial score (nSPS) is 21.5. The Bertz CT molecular complexity index is 1520. The van der Waals surface area contributed by atoms with Gasteiger partial charge in [-0.1, -0.05) is 81.4 Å². The second-order valence-corrected chi connectivity index (χ2v) is 16.5. The molecule has 2 aliphatic rings. The molecular weight excluding hydrogens is 572 g/mol. The molecule has 9 heteroatoms. The molecule has 2 aliphatic heterocycles. The van der Waals surface area contributed by atoms with Gasteiger partial charge < -0.3 is 23.4 Å². The Morgan fingerprint density at radius 2 is 1.43 bits per heavy atom. The maximum absolute atomic E-state index is 11.2. The third-order valence-corrected chi connectivity index (χ3v) is 13.3. The fraction of sp³-hybridized carbons (Fsp3) is 0.343. The van der Waals surface area contributed by atoms with Gasteiger partial charge in [-0.05, 0) is 45.7 Å². The number of nitrogens with zero attached hydrogens (tertiary/aromatic N) is 2. The minimum absolute atomic E-state index is 0.108. The van der Waals surface area contributed by atoms with Crippen LogP contribution in [0.1, 0.15) is 33.4 Å². The highest BCUT2D eigenvalue weighted by Crippen LogP contribution is 2.40. The number of fused-ring (bicyclic) bond motifs is 1. The Labute approximate surface area is 259 Å². The summed E-state index contributed by atoms with van der Waals surface area (Å²) in [6.07, 6.45) is 0.707. The first-order valence-electron chi connectivity index (χ1n) is 15.0. The number of hydrogen-bond donors (Lipinski definition) is 0. The molecule has 1 aromatic heterocycles. The Morgan fingerprint density at radius 3 is 2.02 bits per heavy atom. The van der Waals surface area contributed by atoms with Crippen LogP contribution in [0.4, 0.5) is 0 Å². The molecule has 2 fully saturated rings. The van der Waals surface area contributed by atoms with Gasteiger partial charge in [0.1, 0.15) is 24.6 Å². The zero-order chi connectivity index (χ0) is 30.7. The average molecular weight is 611 g/mol. The van der Waals surface area contributed by atoms with Crippen LogP contribution >= 0.6 is 0 Å². The maximum Gasteiger partial charge on any atom is 0.303 e. The Kier molecular flexibility index (Phi) is 8.64. The van der Waals surface area contributed by atoms with Crippen molar-refractivity contribution >= 4 is 24.7 Å². The van der Waals surface area contributed by atoms with E-state index in [1.165, 1.54) is 17.3 Å². The van der Waals surface area contributed by atoms with Gasteiger partial charge >= 0.3 is 5.97 Å². The highest BCUT2D eigenvalue weighted by Gasteiger charge is 2.56. The van der Waals surface area contributed by atoms with Gasteiger partial charge in [-0.2, -0.15) is 0 Å². The number of hydrogen-bond acceptors (Lipinski definition) is 8. The van der Waals surface area contributed by atoms with E-state index >= 15 is 0 Å². The fourth-order valence-electron chi connectivity index (χ4n) is 6.20.